The highest BCUT2D eigenvalue weighted by atomic mass is 32.2. The number of thioether (sulfide) groups is 1. The van der Waals surface area contributed by atoms with Crippen LogP contribution in [0, 0.1) is 0 Å². The van der Waals surface area contributed by atoms with Crippen molar-refractivity contribution in [1.29, 1.82) is 0 Å². The van der Waals surface area contributed by atoms with E-state index in [1.807, 2.05) is 18.2 Å². The summed E-state index contributed by atoms with van der Waals surface area (Å²) in [4.78, 5) is 23.2. The molecule has 0 saturated heterocycles. The molecule has 0 aromatic heterocycles. The number of amides is 1. The van der Waals surface area contributed by atoms with Gasteiger partial charge >= 0.3 is 5.97 Å². The number of nitrogens with one attached hydrogen (secondary N) is 1. The number of rotatable bonds is 3. The largest absolute Gasteiger partial charge is 0.480 e. The molecule has 1 aliphatic rings. The van der Waals surface area contributed by atoms with Crippen molar-refractivity contribution in [3.63, 3.8) is 0 Å². The molecule has 4 nitrogen and oxygen atoms in total. The Morgan fingerprint density at radius 3 is 2.78 bits per heavy atom. The van der Waals surface area contributed by atoms with Crippen LogP contribution in [0.15, 0.2) is 23.1 Å². The van der Waals surface area contributed by atoms with Crippen LogP contribution in [0.3, 0.4) is 0 Å². The van der Waals surface area contributed by atoms with Crippen LogP contribution in [0.25, 0.3) is 0 Å². The minimum atomic E-state index is -0.855. The first kappa shape index (κ1) is 13.0. The minimum Gasteiger partial charge on any atom is -0.480 e. The van der Waals surface area contributed by atoms with Crippen molar-refractivity contribution < 1.29 is 14.7 Å². The summed E-state index contributed by atoms with van der Waals surface area (Å²) in [7, 11) is 0. The lowest BCUT2D eigenvalue weighted by Crippen LogP contribution is -2.27. The number of carboxylic acids is 1. The summed E-state index contributed by atoms with van der Waals surface area (Å²) < 4.78 is -0.855. The minimum absolute atomic E-state index is 0.0359. The Labute approximate surface area is 110 Å². The molecule has 0 spiro atoms. The molecule has 1 heterocycles. The monoisotopic (exact) mass is 265 g/mol. The first-order valence-corrected chi connectivity index (χ1v) is 6.55. The van der Waals surface area contributed by atoms with Crippen LogP contribution in [0.5, 0.6) is 0 Å². The number of hydrogen-bond acceptors (Lipinski definition) is 3. The normalized spacial score (nSPS) is 14.9. The lowest BCUT2D eigenvalue weighted by atomic mass is 10.0. The number of carbonyl (C=O) groups excluding carboxylic acids is 1. The zero-order valence-corrected chi connectivity index (χ0v) is 11.1. The topological polar surface area (TPSA) is 66.4 Å². The number of carboxylic acid groups (broad SMARTS) is 1. The molecule has 0 aliphatic carbocycles. The second kappa shape index (κ2) is 4.65. The summed E-state index contributed by atoms with van der Waals surface area (Å²) in [6, 6.07) is 5.65. The van der Waals surface area contributed by atoms with Gasteiger partial charge in [-0.05, 0) is 44.0 Å². The van der Waals surface area contributed by atoms with Gasteiger partial charge in [-0.15, -0.1) is 11.8 Å². The van der Waals surface area contributed by atoms with E-state index in [4.69, 9.17) is 5.11 Å². The van der Waals surface area contributed by atoms with Crippen LogP contribution in [0.1, 0.15) is 25.8 Å². The molecule has 2 rings (SSSR count). The van der Waals surface area contributed by atoms with Gasteiger partial charge in [-0.25, -0.2) is 0 Å². The summed E-state index contributed by atoms with van der Waals surface area (Å²) in [5.74, 6) is -0.799. The van der Waals surface area contributed by atoms with Gasteiger partial charge in [0, 0.05) is 17.0 Å². The molecule has 2 N–H and O–H groups in total. The van der Waals surface area contributed by atoms with Crippen LogP contribution < -0.4 is 5.32 Å². The van der Waals surface area contributed by atoms with E-state index < -0.39 is 10.7 Å². The van der Waals surface area contributed by atoms with Gasteiger partial charge in [0.05, 0.1) is 0 Å². The summed E-state index contributed by atoms with van der Waals surface area (Å²) in [5, 5.41) is 11.9. The lowest BCUT2D eigenvalue weighted by molar-refractivity contribution is -0.138. The van der Waals surface area contributed by atoms with E-state index in [-0.39, 0.29) is 5.91 Å². The van der Waals surface area contributed by atoms with Crippen molar-refractivity contribution in [3.05, 3.63) is 23.8 Å². The molecular formula is C13H15NO3S. The van der Waals surface area contributed by atoms with Gasteiger partial charge in [-0.1, -0.05) is 0 Å². The van der Waals surface area contributed by atoms with Gasteiger partial charge in [-0.2, -0.15) is 0 Å². The van der Waals surface area contributed by atoms with Crippen LogP contribution in [0.4, 0.5) is 5.69 Å². The molecular weight excluding hydrogens is 250 g/mol. The Balaban J connectivity index is 2.22. The summed E-state index contributed by atoms with van der Waals surface area (Å²) in [5.41, 5.74) is 1.91. The fourth-order valence-electron chi connectivity index (χ4n) is 1.76. The van der Waals surface area contributed by atoms with Crippen molar-refractivity contribution in [2.24, 2.45) is 0 Å². The second-order valence-electron chi connectivity index (χ2n) is 4.78. The maximum Gasteiger partial charge on any atom is 0.319 e. The smallest absolute Gasteiger partial charge is 0.319 e. The molecule has 0 radical (unpaired) electrons. The van der Waals surface area contributed by atoms with Crippen molar-refractivity contribution in [3.8, 4) is 0 Å². The quantitative estimate of drug-likeness (QED) is 0.824. The molecule has 0 saturated carbocycles. The maximum atomic E-state index is 11.2. The third kappa shape index (κ3) is 2.67. The van der Waals surface area contributed by atoms with E-state index >= 15 is 0 Å². The van der Waals surface area contributed by atoms with E-state index in [1.54, 1.807) is 13.8 Å². The third-order valence-corrected chi connectivity index (χ3v) is 4.03. The predicted octanol–water partition coefficient (Wildman–Crippen LogP) is 2.53. The van der Waals surface area contributed by atoms with Crippen molar-refractivity contribution >= 4 is 29.3 Å². The van der Waals surface area contributed by atoms with Crippen LogP contribution >= 0.6 is 11.8 Å². The summed E-state index contributed by atoms with van der Waals surface area (Å²) in [6.07, 6.45) is 1.20. The number of aliphatic carboxylic acids is 1. The van der Waals surface area contributed by atoms with E-state index in [0.717, 1.165) is 16.1 Å². The number of fused-ring (bicyclic) bond motifs is 1. The van der Waals surface area contributed by atoms with E-state index in [2.05, 4.69) is 5.32 Å². The molecule has 1 aromatic rings. The van der Waals surface area contributed by atoms with E-state index in [1.165, 1.54) is 11.8 Å². The average molecular weight is 265 g/mol. The first-order valence-electron chi connectivity index (χ1n) is 5.74. The lowest BCUT2D eigenvalue weighted by Gasteiger charge is -2.21. The highest BCUT2D eigenvalue weighted by Crippen LogP contribution is 2.35. The van der Waals surface area contributed by atoms with Gasteiger partial charge in [0.1, 0.15) is 4.75 Å². The Morgan fingerprint density at radius 2 is 2.11 bits per heavy atom. The number of benzene rings is 1. The molecule has 1 amide bonds. The van der Waals surface area contributed by atoms with Gasteiger partial charge < -0.3 is 10.4 Å². The average Bonchev–Trinajstić information content (AvgIpc) is 2.28. The van der Waals surface area contributed by atoms with Gasteiger partial charge in [0.15, 0.2) is 0 Å². The van der Waals surface area contributed by atoms with E-state index in [9.17, 15) is 9.59 Å². The molecule has 5 heteroatoms. The van der Waals surface area contributed by atoms with Gasteiger partial charge in [0.25, 0.3) is 0 Å². The Hall–Kier alpha value is -1.49. The number of anilines is 1. The number of aryl methyl sites for hydroxylation is 1. The highest BCUT2D eigenvalue weighted by molar-refractivity contribution is 8.01. The standard InChI is InChI=1S/C13H15NO3S/c1-13(2,12(16)17)18-9-4-5-10-8(7-9)3-6-11(15)14-10/h4-5,7H,3,6H2,1-2H3,(H,14,15)(H,16,17). The Bertz CT molecular complexity index is 511. The van der Waals surface area contributed by atoms with Crippen molar-refractivity contribution in [2.45, 2.75) is 36.3 Å². The molecule has 1 aliphatic heterocycles. The summed E-state index contributed by atoms with van der Waals surface area (Å²) >= 11 is 1.32. The first-order chi connectivity index (χ1) is 8.38. The number of hydrogen-bond donors (Lipinski definition) is 2. The zero-order valence-electron chi connectivity index (χ0n) is 10.3. The fraction of sp³-hybridized carbons (Fsp3) is 0.385. The van der Waals surface area contributed by atoms with Crippen molar-refractivity contribution in [1.82, 2.24) is 0 Å². The molecule has 0 fully saturated rings. The van der Waals surface area contributed by atoms with E-state index in [0.29, 0.717) is 12.8 Å². The van der Waals surface area contributed by atoms with Crippen LogP contribution in [0.2, 0.25) is 0 Å². The van der Waals surface area contributed by atoms with Gasteiger partial charge in [-0.3, -0.25) is 9.59 Å². The maximum absolute atomic E-state index is 11.2. The Morgan fingerprint density at radius 1 is 1.39 bits per heavy atom. The molecule has 18 heavy (non-hydrogen) atoms. The predicted molar refractivity (Wildman–Crippen MR) is 71.0 cm³/mol. The number of carbonyl (C=O) groups is 2. The molecule has 1 aromatic carbocycles. The zero-order chi connectivity index (χ0) is 13.3. The molecule has 0 unspecified atom stereocenters. The molecule has 0 atom stereocenters. The second-order valence-corrected chi connectivity index (χ2v) is 6.48. The van der Waals surface area contributed by atoms with Gasteiger partial charge in [0.2, 0.25) is 5.91 Å². The van der Waals surface area contributed by atoms with Crippen LogP contribution in [-0.2, 0) is 16.0 Å². The SMILES string of the molecule is CC(C)(Sc1ccc2c(c1)CCC(=O)N2)C(=O)O. The fourth-order valence-corrected chi connectivity index (χ4v) is 2.78. The van der Waals surface area contributed by atoms with Crippen LogP contribution in [-0.4, -0.2) is 21.7 Å². The highest BCUT2D eigenvalue weighted by Gasteiger charge is 2.28. The molecule has 96 valence electrons. The Kier molecular flexibility index (Phi) is 3.34. The third-order valence-electron chi connectivity index (χ3n) is 2.86. The van der Waals surface area contributed by atoms with Crippen molar-refractivity contribution in [2.75, 3.05) is 5.32 Å². The summed E-state index contributed by atoms with van der Waals surface area (Å²) in [6.45, 7) is 3.36. The molecule has 0 bridgehead atoms.